The van der Waals surface area contributed by atoms with E-state index in [1.807, 2.05) is 45.9 Å². The van der Waals surface area contributed by atoms with Crippen molar-refractivity contribution in [1.29, 1.82) is 0 Å². The normalized spacial score (nSPS) is 17.5. The summed E-state index contributed by atoms with van der Waals surface area (Å²) in [6, 6.07) is 6.49. The number of carbonyl (C=O) groups is 4. The highest BCUT2D eigenvalue weighted by Gasteiger charge is 2.28. The van der Waals surface area contributed by atoms with E-state index >= 15 is 0 Å². The van der Waals surface area contributed by atoms with Crippen molar-refractivity contribution in [2.75, 3.05) is 92.8 Å². The maximum Gasteiger partial charge on any atom is 0.321 e. The Bertz CT molecular complexity index is 976. The van der Waals surface area contributed by atoms with Gasteiger partial charge in [0.2, 0.25) is 0 Å². The van der Waals surface area contributed by atoms with Gasteiger partial charge in [-0.2, -0.15) is 0 Å². The van der Waals surface area contributed by atoms with Crippen LogP contribution in [0, 0.1) is 0 Å². The number of methoxy groups -OCH3 is 2. The third-order valence-electron chi connectivity index (χ3n) is 6.94. The predicted octanol–water partition coefficient (Wildman–Crippen LogP) is 0.123. The fourth-order valence-electron chi connectivity index (χ4n) is 4.56. The molecule has 1 atom stereocenters. The molecule has 2 rings (SSSR count). The van der Waals surface area contributed by atoms with Crippen LogP contribution in [0.5, 0.6) is 5.75 Å². The van der Waals surface area contributed by atoms with Gasteiger partial charge in [0.25, 0.3) is 0 Å². The third kappa shape index (κ3) is 12.9. The molecule has 0 spiro atoms. The molecule has 41 heavy (non-hydrogen) atoms. The van der Waals surface area contributed by atoms with Crippen LogP contribution in [0.4, 0.5) is 0 Å². The Kier molecular flexibility index (Phi) is 15.1. The molecular formula is C28H44N4O9. The Morgan fingerprint density at radius 3 is 1.63 bits per heavy atom. The first-order valence-electron chi connectivity index (χ1n) is 13.9. The van der Waals surface area contributed by atoms with Gasteiger partial charge in [0, 0.05) is 52.4 Å². The highest BCUT2D eigenvalue weighted by molar-refractivity contribution is 5.74. The fraction of sp³-hybridized carbons (Fsp3) is 0.643. The van der Waals surface area contributed by atoms with Crippen LogP contribution in [0.1, 0.15) is 18.9 Å². The Morgan fingerprint density at radius 1 is 0.756 bits per heavy atom. The number of nitrogens with zero attached hydrogens (tertiary/aromatic N) is 4. The molecule has 0 aromatic heterocycles. The van der Waals surface area contributed by atoms with Crippen molar-refractivity contribution in [2.24, 2.45) is 0 Å². The number of carbonyl (C=O) groups excluding carboxylic acids is 2. The van der Waals surface area contributed by atoms with Crippen molar-refractivity contribution in [3.63, 3.8) is 0 Å². The number of aliphatic carboxylic acids is 2. The Morgan fingerprint density at radius 2 is 1.22 bits per heavy atom. The summed E-state index contributed by atoms with van der Waals surface area (Å²) in [5, 5.41) is 19.7. The number of benzene rings is 1. The molecule has 13 nitrogen and oxygen atoms in total. The Labute approximate surface area is 241 Å². The zero-order valence-electron chi connectivity index (χ0n) is 24.3. The fourth-order valence-corrected chi connectivity index (χ4v) is 4.56. The lowest BCUT2D eigenvalue weighted by atomic mass is 10.0. The molecule has 0 aliphatic carbocycles. The largest absolute Gasteiger partial charge is 0.494 e. The maximum absolute atomic E-state index is 12.5. The molecule has 1 heterocycles. The molecule has 13 heteroatoms. The van der Waals surface area contributed by atoms with Crippen molar-refractivity contribution in [1.82, 2.24) is 19.6 Å². The number of hydrogen-bond donors (Lipinski definition) is 2. The maximum atomic E-state index is 12.5. The van der Waals surface area contributed by atoms with E-state index in [9.17, 15) is 29.4 Å². The summed E-state index contributed by atoms with van der Waals surface area (Å²) in [6.45, 7) is 5.31. The predicted molar refractivity (Wildman–Crippen MR) is 150 cm³/mol. The standard InChI is InChI=1S/C28H44N4O9/c1-4-17-41-23-7-5-22(6-8-23)18-24(28(37)38)32-15-13-29(19-25(33)34)9-10-30(20-26(35)39-2)11-12-31(14-16-32)21-27(36)40-3/h5-8,24H,4,9-21H2,1-3H3,(H,33,34)(H,37,38). The van der Waals surface area contributed by atoms with E-state index in [1.165, 1.54) is 14.2 Å². The third-order valence-corrected chi connectivity index (χ3v) is 6.94. The van der Waals surface area contributed by atoms with Crippen molar-refractivity contribution < 1.29 is 43.6 Å². The summed E-state index contributed by atoms with van der Waals surface area (Å²) >= 11 is 0. The van der Waals surface area contributed by atoms with Crippen LogP contribution in [0.3, 0.4) is 0 Å². The molecule has 1 unspecified atom stereocenters. The summed E-state index contributed by atoms with van der Waals surface area (Å²) in [6.07, 6.45) is 1.12. The second-order valence-corrected chi connectivity index (χ2v) is 9.96. The van der Waals surface area contributed by atoms with E-state index in [0.29, 0.717) is 59.0 Å². The van der Waals surface area contributed by atoms with E-state index in [4.69, 9.17) is 14.2 Å². The molecule has 2 N–H and O–H groups in total. The summed E-state index contributed by atoms with van der Waals surface area (Å²) in [5.41, 5.74) is 0.833. The monoisotopic (exact) mass is 580 g/mol. The topological polar surface area (TPSA) is 149 Å². The van der Waals surface area contributed by atoms with Gasteiger partial charge in [0.1, 0.15) is 11.8 Å². The summed E-state index contributed by atoms with van der Waals surface area (Å²) in [4.78, 5) is 55.5. The lowest BCUT2D eigenvalue weighted by Gasteiger charge is -2.35. The van der Waals surface area contributed by atoms with Crippen LogP contribution in [-0.2, 0) is 35.1 Å². The van der Waals surface area contributed by atoms with Crippen LogP contribution in [0.25, 0.3) is 0 Å². The molecule has 0 amide bonds. The average molecular weight is 581 g/mol. The molecule has 1 fully saturated rings. The smallest absolute Gasteiger partial charge is 0.321 e. The zero-order chi connectivity index (χ0) is 30.2. The van der Waals surface area contributed by atoms with Crippen LogP contribution in [-0.4, -0.2) is 153 Å². The molecule has 1 aliphatic heterocycles. The average Bonchev–Trinajstić information content (AvgIpc) is 2.95. The first-order chi connectivity index (χ1) is 19.6. The summed E-state index contributed by atoms with van der Waals surface area (Å²) in [5.74, 6) is -2.10. The second kappa shape index (κ2) is 18.2. The first-order valence-corrected chi connectivity index (χ1v) is 13.9. The number of rotatable bonds is 13. The van der Waals surface area contributed by atoms with E-state index in [1.54, 1.807) is 4.90 Å². The summed E-state index contributed by atoms with van der Waals surface area (Å²) in [7, 11) is 2.62. The van der Waals surface area contributed by atoms with Gasteiger partial charge in [-0.25, -0.2) is 0 Å². The van der Waals surface area contributed by atoms with Gasteiger partial charge in [0.15, 0.2) is 0 Å². The lowest BCUT2D eigenvalue weighted by Crippen LogP contribution is -2.52. The minimum Gasteiger partial charge on any atom is -0.494 e. The molecule has 1 aliphatic rings. The van der Waals surface area contributed by atoms with Gasteiger partial charge >= 0.3 is 23.9 Å². The van der Waals surface area contributed by atoms with Gasteiger partial charge in [-0.05, 0) is 30.5 Å². The molecule has 1 saturated heterocycles. The van der Waals surface area contributed by atoms with Crippen LogP contribution in [0.15, 0.2) is 24.3 Å². The number of carboxylic acid groups (broad SMARTS) is 2. The number of ether oxygens (including phenoxy) is 3. The van der Waals surface area contributed by atoms with Gasteiger partial charge in [0.05, 0.1) is 40.5 Å². The Hall–Kier alpha value is -3.26. The Balaban J connectivity index is 2.28. The highest BCUT2D eigenvalue weighted by atomic mass is 16.5. The van der Waals surface area contributed by atoms with E-state index < -0.39 is 29.9 Å². The summed E-state index contributed by atoms with van der Waals surface area (Å²) < 4.78 is 15.3. The van der Waals surface area contributed by atoms with Gasteiger partial charge < -0.3 is 24.4 Å². The number of hydrogen-bond acceptors (Lipinski definition) is 11. The molecule has 1 aromatic rings. The molecular weight excluding hydrogens is 536 g/mol. The van der Waals surface area contributed by atoms with Crippen molar-refractivity contribution in [2.45, 2.75) is 25.8 Å². The van der Waals surface area contributed by atoms with Crippen molar-refractivity contribution >= 4 is 23.9 Å². The SMILES string of the molecule is CCCOc1ccc(CC(C(=O)O)N2CCN(CC(=O)O)CCN(CC(=O)OC)CCN(CC(=O)OC)CC2)cc1. The molecule has 0 bridgehead atoms. The van der Waals surface area contributed by atoms with Gasteiger partial charge in [-0.15, -0.1) is 0 Å². The molecule has 0 saturated carbocycles. The molecule has 230 valence electrons. The van der Waals surface area contributed by atoms with E-state index in [2.05, 4.69) is 0 Å². The van der Waals surface area contributed by atoms with Crippen molar-refractivity contribution in [3.8, 4) is 5.75 Å². The van der Waals surface area contributed by atoms with E-state index in [0.717, 1.165) is 17.7 Å². The van der Waals surface area contributed by atoms with E-state index in [-0.39, 0.29) is 26.1 Å². The molecule has 1 aromatic carbocycles. The van der Waals surface area contributed by atoms with Gasteiger partial charge in [-0.3, -0.25) is 38.8 Å². The van der Waals surface area contributed by atoms with Crippen LogP contribution < -0.4 is 4.74 Å². The molecule has 0 radical (unpaired) electrons. The number of esters is 2. The van der Waals surface area contributed by atoms with Crippen LogP contribution >= 0.6 is 0 Å². The van der Waals surface area contributed by atoms with Crippen LogP contribution in [0.2, 0.25) is 0 Å². The first kappa shape index (κ1) is 33.9. The zero-order valence-corrected chi connectivity index (χ0v) is 24.3. The highest BCUT2D eigenvalue weighted by Crippen LogP contribution is 2.16. The minimum atomic E-state index is -0.993. The minimum absolute atomic E-state index is 0.0124. The quantitative estimate of drug-likeness (QED) is 0.305. The number of carboxylic acids is 2. The lowest BCUT2D eigenvalue weighted by molar-refractivity contribution is -0.145. The van der Waals surface area contributed by atoms with Gasteiger partial charge in [-0.1, -0.05) is 19.1 Å². The second-order valence-electron chi connectivity index (χ2n) is 9.96. The van der Waals surface area contributed by atoms with Crippen molar-refractivity contribution in [3.05, 3.63) is 29.8 Å².